The Morgan fingerprint density at radius 3 is 2.75 bits per heavy atom. The predicted molar refractivity (Wildman–Crippen MR) is 84.7 cm³/mol. The van der Waals surface area contributed by atoms with Gasteiger partial charge in [-0.3, -0.25) is 9.58 Å². The molecule has 0 spiro atoms. The fourth-order valence-electron chi connectivity index (χ4n) is 3.31. The van der Waals surface area contributed by atoms with Crippen LogP contribution in [0.25, 0.3) is 0 Å². The van der Waals surface area contributed by atoms with Crippen LogP contribution < -0.4 is 5.32 Å². The van der Waals surface area contributed by atoms with Crippen molar-refractivity contribution >= 4 is 15.9 Å². The van der Waals surface area contributed by atoms with Crippen molar-refractivity contribution in [2.45, 2.75) is 51.7 Å². The van der Waals surface area contributed by atoms with E-state index in [9.17, 15) is 0 Å². The third-order valence-corrected chi connectivity index (χ3v) is 5.59. The fraction of sp³-hybridized carbons (Fsp3) is 0.800. The first-order valence-corrected chi connectivity index (χ1v) is 8.57. The lowest BCUT2D eigenvalue weighted by molar-refractivity contribution is 0.109. The molecule has 2 heterocycles. The molecule has 1 aliphatic heterocycles. The standard InChI is InChI=1S/C15H25BrN4/c1-4-12-15(16)14(19(3)18-12)9-20-8-10(2)17-7-13(20)11-5-6-11/h10-11,13,17H,4-9H2,1-3H3. The molecule has 2 aliphatic rings. The van der Waals surface area contributed by atoms with Gasteiger partial charge in [-0.2, -0.15) is 5.10 Å². The van der Waals surface area contributed by atoms with Gasteiger partial charge >= 0.3 is 0 Å². The predicted octanol–water partition coefficient (Wildman–Crippen LogP) is 2.32. The monoisotopic (exact) mass is 340 g/mol. The Labute approximate surface area is 130 Å². The van der Waals surface area contributed by atoms with Crippen molar-refractivity contribution in [1.29, 1.82) is 0 Å². The van der Waals surface area contributed by atoms with Gasteiger partial charge in [-0.15, -0.1) is 0 Å². The lowest BCUT2D eigenvalue weighted by atomic mass is 10.1. The van der Waals surface area contributed by atoms with E-state index in [2.05, 4.69) is 56.8 Å². The second kappa shape index (κ2) is 5.78. The molecule has 0 bridgehead atoms. The molecule has 5 heteroatoms. The Balaban J connectivity index is 1.79. The van der Waals surface area contributed by atoms with Crippen LogP contribution in [0.4, 0.5) is 0 Å². The Hall–Kier alpha value is -0.390. The van der Waals surface area contributed by atoms with Crippen LogP contribution in [0.15, 0.2) is 4.47 Å². The van der Waals surface area contributed by atoms with E-state index in [0.29, 0.717) is 12.1 Å². The lowest BCUT2D eigenvalue weighted by Crippen LogP contribution is -2.56. The molecule has 112 valence electrons. The van der Waals surface area contributed by atoms with Gasteiger partial charge in [0.15, 0.2) is 0 Å². The zero-order valence-electron chi connectivity index (χ0n) is 12.7. The maximum Gasteiger partial charge on any atom is 0.0767 e. The van der Waals surface area contributed by atoms with Crippen LogP contribution in [0.5, 0.6) is 0 Å². The van der Waals surface area contributed by atoms with Crippen molar-refractivity contribution in [1.82, 2.24) is 20.0 Å². The minimum absolute atomic E-state index is 0.586. The third kappa shape index (κ3) is 2.81. The molecular weight excluding hydrogens is 316 g/mol. The Morgan fingerprint density at radius 1 is 1.40 bits per heavy atom. The number of hydrogen-bond donors (Lipinski definition) is 1. The molecule has 1 saturated heterocycles. The number of rotatable bonds is 4. The maximum absolute atomic E-state index is 4.63. The molecule has 1 saturated carbocycles. The van der Waals surface area contributed by atoms with Crippen LogP contribution >= 0.6 is 15.9 Å². The van der Waals surface area contributed by atoms with Crippen LogP contribution in [0, 0.1) is 5.92 Å². The van der Waals surface area contributed by atoms with E-state index in [1.807, 2.05) is 0 Å². The highest BCUT2D eigenvalue weighted by molar-refractivity contribution is 9.10. The van der Waals surface area contributed by atoms with Crippen molar-refractivity contribution in [3.63, 3.8) is 0 Å². The molecule has 2 fully saturated rings. The van der Waals surface area contributed by atoms with Crippen LogP contribution in [0.1, 0.15) is 38.1 Å². The Morgan fingerprint density at radius 2 is 2.15 bits per heavy atom. The van der Waals surface area contributed by atoms with E-state index in [1.165, 1.54) is 28.7 Å². The second-order valence-corrected chi connectivity index (χ2v) is 7.12. The Kier molecular flexibility index (Phi) is 4.20. The normalized spacial score (nSPS) is 28.0. The summed E-state index contributed by atoms with van der Waals surface area (Å²) in [5.74, 6) is 0.910. The highest BCUT2D eigenvalue weighted by Crippen LogP contribution is 2.37. The van der Waals surface area contributed by atoms with Crippen LogP contribution in [-0.2, 0) is 20.0 Å². The van der Waals surface area contributed by atoms with E-state index < -0.39 is 0 Å². The summed E-state index contributed by atoms with van der Waals surface area (Å²) >= 11 is 3.75. The fourth-order valence-corrected chi connectivity index (χ4v) is 4.06. The molecule has 2 atom stereocenters. The number of hydrogen-bond acceptors (Lipinski definition) is 3. The average Bonchev–Trinajstić information content (AvgIpc) is 3.22. The van der Waals surface area contributed by atoms with Crippen molar-refractivity contribution in [2.75, 3.05) is 13.1 Å². The summed E-state index contributed by atoms with van der Waals surface area (Å²) in [6.45, 7) is 7.74. The number of halogens is 1. The first kappa shape index (κ1) is 14.5. The number of piperazine rings is 1. The zero-order valence-corrected chi connectivity index (χ0v) is 14.3. The smallest absolute Gasteiger partial charge is 0.0767 e. The van der Waals surface area contributed by atoms with Crippen LogP contribution in [0.3, 0.4) is 0 Å². The van der Waals surface area contributed by atoms with Crippen molar-refractivity contribution in [3.8, 4) is 0 Å². The van der Waals surface area contributed by atoms with Crippen molar-refractivity contribution in [3.05, 3.63) is 15.9 Å². The quantitative estimate of drug-likeness (QED) is 0.912. The van der Waals surface area contributed by atoms with E-state index >= 15 is 0 Å². The second-order valence-electron chi connectivity index (χ2n) is 6.33. The summed E-state index contributed by atoms with van der Waals surface area (Å²) in [5.41, 5.74) is 2.50. The molecular formula is C15H25BrN4. The zero-order chi connectivity index (χ0) is 14.3. The maximum atomic E-state index is 4.63. The Bertz CT molecular complexity index is 480. The molecule has 1 N–H and O–H groups in total. The van der Waals surface area contributed by atoms with Gasteiger partial charge in [0.25, 0.3) is 0 Å². The minimum Gasteiger partial charge on any atom is -0.311 e. The summed E-state index contributed by atoms with van der Waals surface area (Å²) in [6, 6.07) is 1.29. The molecule has 0 radical (unpaired) electrons. The van der Waals surface area contributed by atoms with Crippen LogP contribution in [0.2, 0.25) is 0 Å². The van der Waals surface area contributed by atoms with Gasteiger partial charge in [-0.05, 0) is 48.0 Å². The number of aryl methyl sites for hydroxylation is 2. The number of aromatic nitrogens is 2. The van der Waals surface area contributed by atoms with Gasteiger partial charge in [0.05, 0.1) is 15.9 Å². The SMILES string of the molecule is CCc1nn(C)c(CN2CC(C)NCC2C2CC2)c1Br. The molecule has 0 amide bonds. The first-order chi connectivity index (χ1) is 9.60. The van der Waals surface area contributed by atoms with Crippen LogP contribution in [-0.4, -0.2) is 39.9 Å². The highest BCUT2D eigenvalue weighted by Gasteiger charge is 2.38. The molecule has 0 aromatic carbocycles. The largest absolute Gasteiger partial charge is 0.311 e. The minimum atomic E-state index is 0.586. The van der Waals surface area contributed by atoms with Crippen molar-refractivity contribution < 1.29 is 0 Å². The highest BCUT2D eigenvalue weighted by atomic mass is 79.9. The molecule has 3 rings (SSSR count). The molecule has 1 aliphatic carbocycles. The van der Waals surface area contributed by atoms with Gasteiger partial charge in [0.2, 0.25) is 0 Å². The van der Waals surface area contributed by atoms with E-state index in [1.54, 1.807) is 0 Å². The topological polar surface area (TPSA) is 33.1 Å². The molecule has 1 aromatic heterocycles. The molecule has 2 unspecified atom stereocenters. The molecule has 4 nitrogen and oxygen atoms in total. The number of nitrogens with zero attached hydrogens (tertiary/aromatic N) is 3. The van der Waals surface area contributed by atoms with Gasteiger partial charge in [-0.25, -0.2) is 0 Å². The van der Waals surface area contributed by atoms with Gasteiger partial charge in [0, 0.05) is 38.8 Å². The summed E-state index contributed by atoms with van der Waals surface area (Å²) in [7, 11) is 2.07. The molecule has 1 aromatic rings. The van der Waals surface area contributed by atoms with Gasteiger partial charge < -0.3 is 5.32 Å². The summed E-state index contributed by atoms with van der Waals surface area (Å²) in [5, 5.41) is 8.27. The lowest BCUT2D eigenvalue weighted by Gasteiger charge is -2.39. The van der Waals surface area contributed by atoms with Gasteiger partial charge in [0.1, 0.15) is 0 Å². The van der Waals surface area contributed by atoms with E-state index in [0.717, 1.165) is 32.0 Å². The summed E-state index contributed by atoms with van der Waals surface area (Å²) in [4.78, 5) is 2.67. The van der Waals surface area contributed by atoms with E-state index in [4.69, 9.17) is 0 Å². The number of nitrogens with one attached hydrogen (secondary N) is 1. The summed E-state index contributed by atoms with van der Waals surface area (Å²) < 4.78 is 3.27. The van der Waals surface area contributed by atoms with Crippen molar-refractivity contribution in [2.24, 2.45) is 13.0 Å². The van der Waals surface area contributed by atoms with E-state index in [-0.39, 0.29) is 0 Å². The summed E-state index contributed by atoms with van der Waals surface area (Å²) in [6.07, 6.45) is 3.80. The average molecular weight is 341 g/mol. The molecule has 20 heavy (non-hydrogen) atoms. The van der Waals surface area contributed by atoms with Gasteiger partial charge in [-0.1, -0.05) is 6.92 Å². The first-order valence-electron chi connectivity index (χ1n) is 7.77. The third-order valence-electron chi connectivity index (χ3n) is 4.67.